The van der Waals surface area contributed by atoms with Crippen LogP contribution in [-0.4, -0.2) is 26.4 Å². The van der Waals surface area contributed by atoms with Gasteiger partial charge in [0.05, 0.1) is 19.3 Å². The quantitative estimate of drug-likeness (QED) is 0.784. The molecule has 2 nitrogen and oxygen atoms in total. The molecule has 0 aromatic heterocycles. The van der Waals surface area contributed by atoms with Crippen LogP contribution in [0.25, 0.3) is 10.8 Å². The predicted octanol–water partition coefficient (Wildman–Crippen LogP) is 3.68. The van der Waals surface area contributed by atoms with Gasteiger partial charge < -0.3 is 9.31 Å². The van der Waals surface area contributed by atoms with Crippen LogP contribution in [0, 0.1) is 0 Å². The van der Waals surface area contributed by atoms with Gasteiger partial charge in [-0.15, -0.1) is 0 Å². The first-order valence-electron chi connectivity index (χ1n) is 8.40. The van der Waals surface area contributed by atoms with E-state index in [1.54, 1.807) is 0 Å². The largest absolute Gasteiger partial charge is 0.494 e. The zero-order valence-electron chi connectivity index (χ0n) is 15.4. The van der Waals surface area contributed by atoms with E-state index in [-0.39, 0.29) is 18.3 Å². The van der Waals surface area contributed by atoms with E-state index < -0.39 is 8.07 Å². The highest BCUT2D eigenvalue weighted by atomic mass is 28.3. The highest BCUT2D eigenvalue weighted by molar-refractivity contribution is 6.90. The van der Waals surface area contributed by atoms with Crippen molar-refractivity contribution >= 4 is 36.6 Å². The second-order valence-corrected chi connectivity index (χ2v) is 13.7. The van der Waals surface area contributed by atoms with Gasteiger partial charge in [0.2, 0.25) is 0 Å². The Bertz CT molecular complexity index is 731. The molecule has 1 heterocycles. The van der Waals surface area contributed by atoms with Gasteiger partial charge in [0.15, 0.2) is 0 Å². The van der Waals surface area contributed by atoms with Crippen LogP contribution in [0.2, 0.25) is 19.6 Å². The first kappa shape index (κ1) is 16.7. The lowest BCUT2D eigenvalue weighted by Crippen LogP contribution is -2.43. The van der Waals surface area contributed by atoms with Crippen molar-refractivity contribution in [2.24, 2.45) is 0 Å². The molecule has 1 saturated heterocycles. The van der Waals surface area contributed by atoms with Gasteiger partial charge in [-0.25, -0.2) is 0 Å². The zero-order chi connectivity index (χ0) is 17.0. The molecule has 0 aliphatic carbocycles. The summed E-state index contributed by atoms with van der Waals surface area (Å²) in [5.74, 6) is 0. The van der Waals surface area contributed by atoms with Crippen molar-refractivity contribution in [1.29, 1.82) is 0 Å². The van der Waals surface area contributed by atoms with Gasteiger partial charge in [0.25, 0.3) is 0 Å². The lowest BCUT2D eigenvalue weighted by Gasteiger charge is -2.32. The molecular formula is C19H27BO2Si. The van der Waals surface area contributed by atoms with E-state index >= 15 is 0 Å². The molecule has 0 bridgehead atoms. The molecule has 4 heteroatoms. The molecule has 1 aliphatic heterocycles. The summed E-state index contributed by atoms with van der Waals surface area (Å²) >= 11 is 0. The Labute approximate surface area is 141 Å². The molecule has 1 fully saturated rings. The van der Waals surface area contributed by atoms with Crippen LogP contribution in [0.3, 0.4) is 0 Å². The Morgan fingerprint density at radius 3 is 2.00 bits per heavy atom. The first-order valence-corrected chi connectivity index (χ1v) is 11.9. The van der Waals surface area contributed by atoms with Gasteiger partial charge in [0.1, 0.15) is 0 Å². The molecule has 0 saturated carbocycles. The van der Waals surface area contributed by atoms with Gasteiger partial charge in [-0.2, -0.15) is 0 Å². The lowest BCUT2D eigenvalue weighted by molar-refractivity contribution is 0.00578. The molecule has 2 aromatic rings. The van der Waals surface area contributed by atoms with E-state index in [1.807, 2.05) is 0 Å². The Morgan fingerprint density at radius 2 is 1.43 bits per heavy atom. The van der Waals surface area contributed by atoms with Gasteiger partial charge in [0, 0.05) is 0 Å². The minimum absolute atomic E-state index is 0.292. The zero-order valence-corrected chi connectivity index (χ0v) is 16.4. The number of fused-ring (bicyclic) bond motifs is 1. The Kier molecular flexibility index (Phi) is 3.79. The van der Waals surface area contributed by atoms with E-state index in [0.717, 1.165) is 5.46 Å². The first-order chi connectivity index (χ1) is 10.5. The average molecular weight is 326 g/mol. The topological polar surface area (TPSA) is 18.5 Å². The van der Waals surface area contributed by atoms with Crippen LogP contribution in [0.1, 0.15) is 27.7 Å². The fourth-order valence-electron chi connectivity index (χ4n) is 3.07. The van der Waals surface area contributed by atoms with Gasteiger partial charge in [-0.05, 0) is 43.9 Å². The van der Waals surface area contributed by atoms with Crippen LogP contribution in [-0.2, 0) is 9.31 Å². The third kappa shape index (κ3) is 2.88. The SMILES string of the molecule is CC1(C)OB(c2cc([Si](C)(C)C)c3ccccc3c2)OC1(C)C. The Morgan fingerprint density at radius 1 is 0.870 bits per heavy atom. The predicted molar refractivity (Wildman–Crippen MR) is 103 cm³/mol. The highest BCUT2D eigenvalue weighted by Crippen LogP contribution is 2.36. The number of rotatable bonds is 2. The Balaban J connectivity index is 2.13. The van der Waals surface area contributed by atoms with Crippen molar-refractivity contribution in [3.8, 4) is 0 Å². The molecule has 0 radical (unpaired) electrons. The van der Waals surface area contributed by atoms with Crippen LogP contribution < -0.4 is 10.6 Å². The average Bonchev–Trinajstić information content (AvgIpc) is 2.65. The van der Waals surface area contributed by atoms with Crippen LogP contribution in [0.5, 0.6) is 0 Å². The number of hydrogen-bond donors (Lipinski definition) is 0. The summed E-state index contributed by atoms with van der Waals surface area (Å²) < 4.78 is 12.5. The number of hydrogen-bond acceptors (Lipinski definition) is 2. The van der Waals surface area contributed by atoms with Crippen molar-refractivity contribution in [3.63, 3.8) is 0 Å². The molecule has 122 valence electrons. The fraction of sp³-hybridized carbons (Fsp3) is 0.474. The summed E-state index contributed by atoms with van der Waals surface area (Å²) in [5.41, 5.74) is 0.533. The van der Waals surface area contributed by atoms with Crippen LogP contribution in [0.4, 0.5) is 0 Å². The summed E-state index contributed by atoms with van der Waals surface area (Å²) in [6, 6.07) is 13.2. The van der Waals surface area contributed by atoms with E-state index in [4.69, 9.17) is 9.31 Å². The van der Waals surface area contributed by atoms with E-state index in [1.165, 1.54) is 16.0 Å². The summed E-state index contributed by atoms with van der Waals surface area (Å²) in [6.45, 7) is 15.6. The summed E-state index contributed by atoms with van der Waals surface area (Å²) in [6.07, 6.45) is 0. The van der Waals surface area contributed by atoms with Crippen molar-refractivity contribution in [3.05, 3.63) is 36.4 Å². The van der Waals surface area contributed by atoms with E-state index in [2.05, 4.69) is 83.7 Å². The van der Waals surface area contributed by atoms with Gasteiger partial charge >= 0.3 is 7.12 Å². The fourth-order valence-corrected chi connectivity index (χ4v) is 4.70. The summed E-state index contributed by atoms with van der Waals surface area (Å²) in [4.78, 5) is 0. The van der Waals surface area contributed by atoms with E-state index in [0.29, 0.717) is 0 Å². The van der Waals surface area contributed by atoms with Crippen molar-refractivity contribution in [2.45, 2.75) is 58.5 Å². The molecule has 0 atom stereocenters. The molecule has 1 aliphatic rings. The second kappa shape index (κ2) is 5.20. The molecule has 0 N–H and O–H groups in total. The third-order valence-electron chi connectivity index (χ3n) is 5.22. The number of benzene rings is 2. The highest BCUT2D eigenvalue weighted by Gasteiger charge is 2.51. The minimum Gasteiger partial charge on any atom is -0.399 e. The maximum absolute atomic E-state index is 6.26. The Hall–Kier alpha value is -1.10. The van der Waals surface area contributed by atoms with E-state index in [9.17, 15) is 0 Å². The maximum atomic E-state index is 6.26. The standard InChI is InChI=1S/C19H27BO2Si/c1-18(2)19(3,4)22-20(21-18)15-12-14-10-8-9-11-16(14)17(13-15)23(5,6)7/h8-13H,1-7H3. The molecule has 0 unspecified atom stereocenters. The molecule has 2 aromatic carbocycles. The van der Waals surface area contributed by atoms with Gasteiger partial charge in [-0.3, -0.25) is 0 Å². The van der Waals surface area contributed by atoms with Crippen molar-refractivity contribution < 1.29 is 9.31 Å². The second-order valence-electron chi connectivity index (χ2n) is 8.63. The third-order valence-corrected chi connectivity index (χ3v) is 7.25. The minimum atomic E-state index is -1.46. The molecule has 3 rings (SSSR count). The molecule has 23 heavy (non-hydrogen) atoms. The smallest absolute Gasteiger partial charge is 0.399 e. The van der Waals surface area contributed by atoms with Crippen molar-refractivity contribution in [1.82, 2.24) is 0 Å². The van der Waals surface area contributed by atoms with Crippen molar-refractivity contribution in [2.75, 3.05) is 0 Å². The maximum Gasteiger partial charge on any atom is 0.494 e. The molecule has 0 spiro atoms. The monoisotopic (exact) mass is 326 g/mol. The summed E-state index contributed by atoms with van der Waals surface area (Å²) in [7, 11) is -1.75. The molecular weight excluding hydrogens is 299 g/mol. The normalized spacial score (nSPS) is 20.2. The van der Waals surface area contributed by atoms with Crippen LogP contribution >= 0.6 is 0 Å². The summed E-state index contributed by atoms with van der Waals surface area (Å²) in [5, 5.41) is 4.12. The molecule has 0 amide bonds. The van der Waals surface area contributed by atoms with Gasteiger partial charge in [-0.1, -0.05) is 61.2 Å². The van der Waals surface area contributed by atoms with Crippen LogP contribution in [0.15, 0.2) is 36.4 Å². The lowest BCUT2D eigenvalue weighted by atomic mass is 9.78.